The number of thioether (sulfide) groups is 1. The van der Waals surface area contributed by atoms with Crippen molar-refractivity contribution in [2.75, 3.05) is 18.1 Å². The summed E-state index contributed by atoms with van der Waals surface area (Å²) in [4.78, 5) is 1.12. The normalized spacial score (nSPS) is 22.8. The molecule has 0 aliphatic carbocycles. The molecule has 1 fully saturated rings. The lowest BCUT2D eigenvalue weighted by Crippen LogP contribution is -2.44. The van der Waals surface area contributed by atoms with E-state index in [1.165, 1.54) is 11.3 Å². The fraction of sp³-hybridized carbons (Fsp3) is 0.600. The van der Waals surface area contributed by atoms with Crippen LogP contribution in [0.15, 0.2) is 16.3 Å². The summed E-state index contributed by atoms with van der Waals surface area (Å²) >= 11 is 8.98. The Labute approximate surface area is 115 Å². The van der Waals surface area contributed by atoms with Gasteiger partial charge < -0.3 is 0 Å². The quantitative estimate of drug-likeness (QED) is 0.805. The van der Waals surface area contributed by atoms with Gasteiger partial charge in [0.15, 0.2) is 0 Å². The highest BCUT2D eigenvalue weighted by atomic mass is 35.5. The number of hydrogen-bond donors (Lipinski definition) is 0. The molecule has 1 unspecified atom stereocenters. The maximum Gasteiger partial charge on any atom is 0.244 e. The Morgan fingerprint density at radius 3 is 3.00 bits per heavy atom. The van der Waals surface area contributed by atoms with Crippen LogP contribution in [0.1, 0.15) is 11.8 Å². The van der Waals surface area contributed by atoms with Crippen molar-refractivity contribution in [3.8, 4) is 0 Å². The molecule has 0 N–H and O–H groups in total. The molecular formula is C10H14ClNO2S3. The fourth-order valence-corrected chi connectivity index (χ4v) is 6.38. The van der Waals surface area contributed by atoms with Crippen molar-refractivity contribution < 1.29 is 8.42 Å². The average Bonchev–Trinajstić information content (AvgIpc) is 2.78. The van der Waals surface area contributed by atoms with E-state index >= 15 is 0 Å². The Bertz CT molecular complexity index is 485. The summed E-state index contributed by atoms with van der Waals surface area (Å²) in [7, 11) is -3.36. The van der Waals surface area contributed by atoms with Gasteiger partial charge in [-0.3, -0.25) is 0 Å². The van der Waals surface area contributed by atoms with Crippen LogP contribution in [0.5, 0.6) is 0 Å². The lowest BCUT2D eigenvalue weighted by atomic mass is 10.4. The molecule has 17 heavy (non-hydrogen) atoms. The Morgan fingerprint density at radius 1 is 1.59 bits per heavy atom. The summed E-state index contributed by atoms with van der Waals surface area (Å²) in [5, 5.41) is 1.79. The zero-order chi connectivity index (χ0) is 12.5. The molecule has 96 valence electrons. The Hall–Kier alpha value is 0.250. The highest BCUT2D eigenvalue weighted by molar-refractivity contribution is 7.99. The minimum absolute atomic E-state index is 0.0572. The highest BCUT2D eigenvalue weighted by Crippen LogP contribution is 2.30. The predicted octanol–water partition coefficient (Wildman–Crippen LogP) is 2.61. The summed E-state index contributed by atoms with van der Waals surface area (Å²) in [6, 6.07) is 1.72. The third-order valence-corrected chi connectivity index (χ3v) is 7.48. The van der Waals surface area contributed by atoms with Gasteiger partial charge in [0.25, 0.3) is 0 Å². The SMILES string of the molecule is CC1CSCCN1S(=O)(=O)c1ccsc1CCl. The van der Waals surface area contributed by atoms with Crippen molar-refractivity contribution in [2.45, 2.75) is 23.7 Å². The molecule has 0 bridgehead atoms. The van der Waals surface area contributed by atoms with Gasteiger partial charge in [0.05, 0.1) is 10.8 Å². The first-order valence-electron chi connectivity index (χ1n) is 5.29. The molecule has 1 aromatic rings. The van der Waals surface area contributed by atoms with Crippen molar-refractivity contribution in [1.29, 1.82) is 0 Å². The molecule has 1 aliphatic rings. The molecular weight excluding hydrogens is 298 g/mol. The van der Waals surface area contributed by atoms with E-state index in [0.29, 0.717) is 11.4 Å². The van der Waals surface area contributed by atoms with Crippen LogP contribution < -0.4 is 0 Å². The second-order valence-electron chi connectivity index (χ2n) is 3.88. The summed E-state index contributed by atoms with van der Waals surface area (Å²) in [6.45, 7) is 2.54. The summed E-state index contributed by atoms with van der Waals surface area (Å²) in [5.41, 5.74) is 0. The Morgan fingerprint density at radius 2 is 2.35 bits per heavy atom. The lowest BCUT2D eigenvalue weighted by Gasteiger charge is -2.31. The predicted molar refractivity (Wildman–Crippen MR) is 74.6 cm³/mol. The van der Waals surface area contributed by atoms with Crippen molar-refractivity contribution in [2.24, 2.45) is 0 Å². The molecule has 1 atom stereocenters. The van der Waals surface area contributed by atoms with E-state index in [4.69, 9.17) is 11.6 Å². The Kier molecular flexibility index (Phi) is 4.41. The van der Waals surface area contributed by atoms with Crippen LogP contribution in [-0.4, -0.2) is 36.8 Å². The minimum atomic E-state index is -3.36. The number of nitrogens with zero attached hydrogens (tertiary/aromatic N) is 1. The summed E-state index contributed by atoms with van der Waals surface area (Å²) in [5.74, 6) is 1.98. The van der Waals surface area contributed by atoms with E-state index in [-0.39, 0.29) is 11.9 Å². The van der Waals surface area contributed by atoms with Gasteiger partial charge in [0, 0.05) is 29.0 Å². The zero-order valence-electron chi connectivity index (χ0n) is 9.43. The zero-order valence-corrected chi connectivity index (χ0v) is 12.6. The third-order valence-electron chi connectivity index (χ3n) is 2.72. The van der Waals surface area contributed by atoms with Gasteiger partial charge in [0.1, 0.15) is 0 Å². The molecule has 0 saturated carbocycles. The maximum atomic E-state index is 12.5. The van der Waals surface area contributed by atoms with E-state index in [0.717, 1.165) is 16.4 Å². The maximum absolute atomic E-state index is 12.5. The molecule has 1 saturated heterocycles. The molecule has 2 heterocycles. The van der Waals surface area contributed by atoms with E-state index in [2.05, 4.69) is 0 Å². The number of rotatable bonds is 3. The monoisotopic (exact) mass is 311 g/mol. The van der Waals surface area contributed by atoms with Gasteiger partial charge in [-0.15, -0.1) is 22.9 Å². The standard InChI is InChI=1S/C10H14ClNO2S3/c1-8-7-15-5-3-12(8)17(13,14)10-2-4-16-9(10)6-11/h2,4,8H,3,5-7H2,1H3. The van der Waals surface area contributed by atoms with Gasteiger partial charge in [-0.2, -0.15) is 16.1 Å². The van der Waals surface area contributed by atoms with Crippen LogP contribution in [0.25, 0.3) is 0 Å². The molecule has 0 radical (unpaired) electrons. The molecule has 2 rings (SSSR count). The summed E-state index contributed by atoms with van der Waals surface area (Å²) in [6.07, 6.45) is 0. The molecule has 3 nitrogen and oxygen atoms in total. The second kappa shape index (κ2) is 5.48. The van der Waals surface area contributed by atoms with Crippen molar-refractivity contribution in [3.05, 3.63) is 16.3 Å². The van der Waals surface area contributed by atoms with Crippen LogP contribution >= 0.6 is 34.7 Å². The number of alkyl halides is 1. The van der Waals surface area contributed by atoms with Crippen molar-refractivity contribution in [3.63, 3.8) is 0 Å². The van der Waals surface area contributed by atoms with Gasteiger partial charge >= 0.3 is 0 Å². The number of thiophene rings is 1. The number of sulfonamides is 1. The second-order valence-corrected chi connectivity index (χ2v) is 8.16. The fourth-order valence-electron chi connectivity index (χ4n) is 1.85. The molecule has 0 aromatic carbocycles. The molecule has 0 amide bonds. The number of hydrogen-bond acceptors (Lipinski definition) is 4. The molecule has 7 heteroatoms. The van der Waals surface area contributed by atoms with Crippen LogP contribution in [0, 0.1) is 0 Å². The summed E-state index contributed by atoms with van der Waals surface area (Å²) < 4.78 is 26.6. The lowest BCUT2D eigenvalue weighted by molar-refractivity contribution is 0.367. The molecule has 1 aromatic heterocycles. The largest absolute Gasteiger partial charge is 0.244 e. The van der Waals surface area contributed by atoms with Crippen LogP contribution in [0.2, 0.25) is 0 Å². The Balaban J connectivity index is 2.35. The van der Waals surface area contributed by atoms with Crippen LogP contribution in [0.4, 0.5) is 0 Å². The van der Waals surface area contributed by atoms with Crippen molar-refractivity contribution >= 4 is 44.7 Å². The molecule has 1 aliphatic heterocycles. The van der Waals surface area contributed by atoms with Crippen LogP contribution in [0.3, 0.4) is 0 Å². The first-order chi connectivity index (χ1) is 8.07. The van der Waals surface area contributed by atoms with E-state index in [9.17, 15) is 8.42 Å². The van der Waals surface area contributed by atoms with Gasteiger partial charge in [-0.1, -0.05) is 0 Å². The third kappa shape index (κ3) is 2.66. The van der Waals surface area contributed by atoms with Crippen molar-refractivity contribution in [1.82, 2.24) is 4.31 Å². The van der Waals surface area contributed by atoms with Gasteiger partial charge in [0.2, 0.25) is 10.0 Å². The highest BCUT2D eigenvalue weighted by Gasteiger charge is 2.32. The average molecular weight is 312 g/mol. The molecule has 0 spiro atoms. The minimum Gasteiger partial charge on any atom is -0.207 e. The van der Waals surface area contributed by atoms with Gasteiger partial charge in [-0.05, 0) is 18.4 Å². The van der Waals surface area contributed by atoms with E-state index < -0.39 is 10.0 Å². The van der Waals surface area contributed by atoms with E-state index in [1.807, 2.05) is 6.92 Å². The smallest absolute Gasteiger partial charge is 0.207 e. The number of halogens is 1. The van der Waals surface area contributed by atoms with Crippen LogP contribution in [-0.2, 0) is 15.9 Å². The topological polar surface area (TPSA) is 37.4 Å². The van der Waals surface area contributed by atoms with Gasteiger partial charge in [-0.25, -0.2) is 8.42 Å². The first-order valence-corrected chi connectivity index (χ1v) is 9.30. The first kappa shape index (κ1) is 13.7. The van der Waals surface area contributed by atoms with E-state index in [1.54, 1.807) is 27.5 Å².